The minimum absolute atomic E-state index is 0.0985. The maximum Gasteiger partial charge on any atom is 0.238 e. The van der Waals surface area contributed by atoms with Crippen LogP contribution in [0.3, 0.4) is 0 Å². The molecule has 0 heterocycles. The van der Waals surface area contributed by atoms with Gasteiger partial charge in [-0.3, -0.25) is 0 Å². The van der Waals surface area contributed by atoms with E-state index in [0.717, 1.165) is 12.2 Å². The molecule has 1 saturated carbocycles. The Hall–Kier alpha value is -1.27. The second-order valence-electron chi connectivity index (χ2n) is 5.27. The van der Waals surface area contributed by atoms with Gasteiger partial charge in [0.2, 0.25) is 10.0 Å². The van der Waals surface area contributed by atoms with Crippen LogP contribution in [0.1, 0.15) is 31.2 Å². The van der Waals surface area contributed by atoms with Crippen LogP contribution in [0.4, 0.5) is 11.4 Å². The van der Waals surface area contributed by atoms with Crippen molar-refractivity contribution in [3.63, 3.8) is 0 Å². The minimum Gasteiger partial charge on any atom is -0.399 e. The Kier molecular flexibility index (Phi) is 4.01. The van der Waals surface area contributed by atoms with Crippen LogP contribution in [0.15, 0.2) is 17.0 Å². The van der Waals surface area contributed by atoms with E-state index >= 15 is 0 Å². The van der Waals surface area contributed by atoms with Crippen LogP contribution in [0.2, 0.25) is 0 Å². The van der Waals surface area contributed by atoms with E-state index in [1.807, 2.05) is 0 Å². The third-order valence-electron chi connectivity index (χ3n) is 3.74. The van der Waals surface area contributed by atoms with E-state index in [1.165, 1.54) is 31.7 Å². The fourth-order valence-corrected chi connectivity index (χ4v) is 3.49. The van der Waals surface area contributed by atoms with Crippen LogP contribution in [0.5, 0.6) is 0 Å². The maximum atomic E-state index is 11.5. The first-order valence-electron chi connectivity index (χ1n) is 6.54. The molecule has 6 heteroatoms. The van der Waals surface area contributed by atoms with Gasteiger partial charge in [0.1, 0.15) is 0 Å². The van der Waals surface area contributed by atoms with Gasteiger partial charge in [0.25, 0.3) is 0 Å². The predicted molar refractivity (Wildman–Crippen MR) is 77.4 cm³/mol. The number of hydrogen-bond acceptors (Lipinski definition) is 4. The molecule has 0 aromatic heterocycles. The molecular formula is C13H21N3O2S. The van der Waals surface area contributed by atoms with Crippen LogP contribution >= 0.6 is 0 Å². The summed E-state index contributed by atoms with van der Waals surface area (Å²) in [5.74, 6) is 0.666. The maximum absolute atomic E-state index is 11.5. The van der Waals surface area contributed by atoms with Gasteiger partial charge in [-0.1, -0.05) is 12.8 Å². The Bertz CT molecular complexity index is 563. The van der Waals surface area contributed by atoms with Gasteiger partial charge in [-0.25, -0.2) is 13.6 Å². The topological polar surface area (TPSA) is 98.2 Å². The zero-order valence-corrected chi connectivity index (χ0v) is 12.0. The molecule has 0 unspecified atom stereocenters. The summed E-state index contributed by atoms with van der Waals surface area (Å²) in [4.78, 5) is 0.0985. The normalized spacial score (nSPS) is 16.7. The van der Waals surface area contributed by atoms with Gasteiger partial charge in [-0.15, -0.1) is 0 Å². The van der Waals surface area contributed by atoms with Crippen LogP contribution in [0, 0.1) is 12.8 Å². The molecule has 0 radical (unpaired) electrons. The Balaban J connectivity index is 2.22. The Labute approximate surface area is 114 Å². The highest BCUT2D eigenvalue weighted by Crippen LogP contribution is 2.28. The number of sulfonamides is 1. The van der Waals surface area contributed by atoms with E-state index in [0.29, 0.717) is 17.2 Å². The number of benzene rings is 1. The average Bonchev–Trinajstić information content (AvgIpc) is 2.81. The smallest absolute Gasteiger partial charge is 0.238 e. The lowest BCUT2D eigenvalue weighted by Gasteiger charge is -2.16. The highest BCUT2D eigenvalue weighted by Gasteiger charge is 2.18. The Morgan fingerprint density at radius 1 is 1.32 bits per heavy atom. The van der Waals surface area contributed by atoms with Crippen molar-refractivity contribution in [3.8, 4) is 0 Å². The molecule has 19 heavy (non-hydrogen) atoms. The number of nitrogen functional groups attached to an aromatic ring is 1. The van der Waals surface area contributed by atoms with Gasteiger partial charge < -0.3 is 11.1 Å². The van der Waals surface area contributed by atoms with Gasteiger partial charge in [-0.05, 0) is 43.4 Å². The second kappa shape index (κ2) is 5.38. The first-order valence-corrected chi connectivity index (χ1v) is 8.09. The molecule has 5 N–H and O–H groups in total. The summed E-state index contributed by atoms with van der Waals surface area (Å²) in [7, 11) is -3.74. The molecule has 0 atom stereocenters. The van der Waals surface area contributed by atoms with Crippen molar-refractivity contribution in [1.29, 1.82) is 0 Å². The van der Waals surface area contributed by atoms with Crippen molar-refractivity contribution in [1.82, 2.24) is 0 Å². The van der Waals surface area contributed by atoms with E-state index < -0.39 is 10.0 Å². The van der Waals surface area contributed by atoms with Gasteiger partial charge in [-0.2, -0.15) is 0 Å². The third-order valence-corrected chi connectivity index (χ3v) is 4.78. The molecule has 1 aromatic rings. The highest BCUT2D eigenvalue weighted by molar-refractivity contribution is 7.89. The largest absolute Gasteiger partial charge is 0.399 e. The van der Waals surface area contributed by atoms with Crippen molar-refractivity contribution in [2.24, 2.45) is 11.1 Å². The van der Waals surface area contributed by atoms with E-state index in [-0.39, 0.29) is 4.90 Å². The van der Waals surface area contributed by atoms with Crippen molar-refractivity contribution in [3.05, 3.63) is 17.7 Å². The van der Waals surface area contributed by atoms with Gasteiger partial charge in [0.05, 0.1) is 4.90 Å². The van der Waals surface area contributed by atoms with Gasteiger partial charge in [0.15, 0.2) is 0 Å². The molecule has 1 aliphatic rings. The predicted octanol–water partition coefficient (Wildman–Crippen LogP) is 1.83. The highest BCUT2D eigenvalue weighted by atomic mass is 32.2. The summed E-state index contributed by atoms with van der Waals surface area (Å²) in [5.41, 5.74) is 7.55. The summed E-state index contributed by atoms with van der Waals surface area (Å²) in [6, 6.07) is 3.17. The lowest BCUT2D eigenvalue weighted by Crippen LogP contribution is -2.17. The lowest BCUT2D eigenvalue weighted by molar-refractivity contribution is 0.579. The monoisotopic (exact) mass is 283 g/mol. The van der Waals surface area contributed by atoms with E-state index in [2.05, 4.69) is 5.32 Å². The summed E-state index contributed by atoms with van der Waals surface area (Å²) in [6.07, 6.45) is 5.03. The number of anilines is 2. The molecule has 0 aliphatic heterocycles. The zero-order valence-electron chi connectivity index (χ0n) is 11.1. The second-order valence-corrected chi connectivity index (χ2v) is 6.80. The van der Waals surface area contributed by atoms with Crippen molar-refractivity contribution >= 4 is 21.4 Å². The summed E-state index contributed by atoms with van der Waals surface area (Å²) in [5, 5.41) is 8.51. The molecule has 0 spiro atoms. The minimum atomic E-state index is -3.74. The van der Waals surface area contributed by atoms with Crippen molar-refractivity contribution < 1.29 is 8.42 Å². The van der Waals surface area contributed by atoms with Crippen LogP contribution < -0.4 is 16.2 Å². The number of nitrogens with two attached hydrogens (primary N) is 2. The fourth-order valence-electron chi connectivity index (χ4n) is 2.66. The zero-order chi connectivity index (χ0) is 14.0. The Morgan fingerprint density at radius 3 is 2.53 bits per heavy atom. The number of primary sulfonamides is 1. The molecule has 0 amide bonds. The molecule has 0 bridgehead atoms. The fraction of sp³-hybridized carbons (Fsp3) is 0.538. The van der Waals surface area contributed by atoms with Gasteiger partial charge in [0, 0.05) is 17.9 Å². The van der Waals surface area contributed by atoms with Crippen LogP contribution in [-0.2, 0) is 10.0 Å². The first kappa shape index (κ1) is 14.1. The van der Waals surface area contributed by atoms with Crippen molar-refractivity contribution in [2.75, 3.05) is 17.6 Å². The molecule has 1 aromatic carbocycles. The SMILES string of the molecule is Cc1c(NCC2CCCC2)cc(N)cc1S(N)(=O)=O. The molecular weight excluding hydrogens is 262 g/mol. The summed E-state index contributed by atoms with van der Waals surface area (Å²) < 4.78 is 23.0. The van der Waals surface area contributed by atoms with E-state index in [9.17, 15) is 8.42 Å². The molecule has 0 saturated heterocycles. The average molecular weight is 283 g/mol. The molecule has 2 rings (SSSR count). The van der Waals surface area contributed by atoms with E-state index in [1.54, 1.807) is 13.0 Å². The van der Waals surface area contributed by atoms with Crippen molar-refractivity contribution in [2.45, 2.75) is 37.5 Å². The first-order chi connectivity index (χ1) is 8.88. The quantitative estimate of drug-likeness (QED) is 0.734. The third kappa shape index (κ3) is 3.39. The van der Waals surface area contributed by atoms with Crippen LogP contribution in [-0.4, -0.2) is 15.0 Å². The van der Waals surface area contributed by atoms with Crippen LogP contribution in [0.25, 0.3) is 0 Å². The number of nitrogens with one attached hydrogen (secondary N) is 1. The number of hydrogen-bond donors (Lipinski definition) is 3. The molecule has 5 nitrogen and oxygen atoms in total. The molecule has 1 fully saturated rings. The van der Waals surface area contributed by atoms with Gasteiger partial charge >= 0.3 is 0 Å². The lowest BCUT2D eigenvalue weighted by atomic mass is 10.1. The summed E-state index contributed by atoms with van der Waals surface area (Å²) in [6.45, 7) is 2.60. The standard InChI is InChI=1S/C13H21N3O2S/c1-9-12(16-8-10-4-2-3-5-10)6-11(14)7-13(9)19(15,17)18/h6-7,10,16H,2-5,8,14H2,1H3,(H2,15,17,18). The Morgan fingerprint density at radius 2 is 1.95 bits per heavy atom. The molecule has 106 valence electrons. The number of rotatable bonds is 4. The summed E-state index contributed by atoms with van der Waals surface area (Å²) >= 11 is 0. The van der Waals surface area contributed by atoms with E-state index in [4.69, 9.17) is 10.9 Å². The molecule has 1 aliphatic carbocycles.